The Kier molecular flexibility index (Phi) is 5.24. The normalized spacial score (nSPS) is 43.0. The third kappa shape index (κ3) is 5.26. The van der Waals surface area contributed by atoms with Crippen LogP contribution in [0.25, 0.3) is 0 Å². The van der Waals surface area contributed by atoms with Crippen molar-refractivity contribution in [3.8, 4) is 0 Å². The number of hydrogen-bond acceptors (Lipinski definition) is 3. The minimum absolute atomic E-state index is 0.0581. The predicted molar refractivity (Wildman–Crippen MR) is 128 cm³/mol. The smallest absolute Gasteiger partial charge is 0.0811 e. The summed E-state index contributed by atoms with van der Waals surface area (Å²) < 4.78 is 46.2. The van der Waals surface area contributed by atoms with Crippen molar-refractivity contribution in [1.82, 2.24) is 0 Å². The van der Waals surface area contributed by atoms with Crippen LogP contribution in [0.2, 0.25) is 0 Å². The molecule has 0 aromatic heterocycles. The Morgan fingerprint density at radius 2 is 1.94 bits per heavy atom. The number of hydrogen-bond donors (Lipinski definition) is 3. The zero-order valence-electron chi connectivity index (χ0n) is 25.3. The van der Waals surface area contributed by atoms with E-state index in [0.717, 1.165) is 37.7 Å². The molecule has 0 spiro atoms. The topological polar surface area (TPSA) is 60.7 Å². The fourth-order valence-corrected chi connectivity index (χ4v) is 6.22. The summed E-state index contributed by atoms with van der Waals surface area (Å²) in [4.78, 5) is 0. The first-order chi connectivity index (χ1) is 16.9. The monoisotopic (exact) mass is 434 g/mol. The Morgan fingerprint density at radius 1 is 1.19 bits per heavy atom. The molecule has 0 unspecified atom stereocenters. The van der Waals surface area contributed by atoms with Crippen LogP contribution in [-0.4, -0.2) is 33.1 Å². The van der Waals surface area contributed by atoms with Crippen LogP contribution >= 0.6 is 0 Å². The van der Waals surface area contributed by atoms with E-state index in [1.54, 1.807) is 6.08 Å². The lowest BCUT2D eigenvalue weighted by atomic mass is 9.61. The molecule has 3 aliphatic rings. The quantitative estimate of drug-likeness (QED) is 0.485. The Hall–Kier alpha value is -1.16. The van der Waals surface area contributed by atoms with Crippen LogP contribution in [0.3, 0.4) is 0 Å². The van der Waals surface area contributed by atoms with Gasteiger partial charge < -0.3 is 15.3 Å². The zero-order chi connectivity index (χ0) is 28.0. The largest absolute Gasteiger partial charge is 0.393 e. The van der Waals surface area contributed by atoms with Crippen molar-refractivity contribution in [2.24, 2.45) is 29.1 Å². The van der Waals surface area contributed by atoms with Crippen LogP contribution in [-0.2, 0) is 0 Å². The van der Waals surface area contributed by atoms with Gasteiger partial charge in [-0.1, -0.05) is 57.2 Å². The van der Waals surface area contributed by atoms with Crippen LogP contribution in [0, 0.1) is 29.1 Å². The number of allylic oxidation sites excluding steroid dienone is 4. The van der Waals surface area contributed by atoms with Gasteiger partial charge in [-0.05, 0) is 86.5 Å². The average molecular weight is 435 g/mol. The summed E-state index contributed by atoms with van der Waals surface area (Å²) >= 11 is 0. The lowest BCUT2D eigenvalue weighted by molar-refractivity contribution is 0.0436. The summed E-state index contributed by atoms with van der Waals surface area (Å²) in [5, 5.41) is 31.0. The van der Waals surface area contributed by atoms with Gasteiger partial charge in [-0.2, -0.15) is 0 Å². The molecule has 3 saturated carbocycles. The van der Waals surface area contributed by atoms with Gasteiger partial charge in [0.05, 0.1) is 17.8 Å². The molecule has 3 nitrogen and oxygen atoms in total. The summed E-state index contributed by atoms with van der Waals surface area (Å²) in [7, 11) is 0. The molecule has 31 heavy (non-hydrogen) atoms. The van der Waals surface area contributed by atoms with Crippen molar-refractivity contribution in [3.05, 3.63) is 47.6 Å². The molecule has 174 valence electrons. The Morgan fingerprint density at radius 3 is 2.65 bits per heavy atom. The number of rotatable bonds is 5. The molecule has 0 bridgehead atoms. The minimum Gasteiger partial charge on any atom is -0.393 e. The molecule has 3 rings (SSSR count). The number of aliphatic hydroxyl groups is 3. The van der Waals surface area contributed by atoms with Crippen LogP contribution in [0.1, 0.15) is 87.6 Å². The molecule has 7 atom stereocenters. The first-order valence-corrected chi connectivity index (χ1v) is 11.8. The molecule has 0 radical (unpaired) electrons. The summed E-state index contributed by atoms with van der Waals surface area (Å²) in [6, 6.07) is 0. The number of fused-ring (bicyclic) bond motifs is 1. The van der Waals surface area contributed by atoms with Gasteiger partial charge in [-0.3, -0.25) is 0 Å². The van der Waals surface area contributed by atoms with Crippen molar-refractivity contribution < 1.29 is 23.5 Å². The Labute approximate surface area is 198 Å². The van der Waals surface area contributed by atoms with E-state index >= 15 is 0 Å². The molecule has 0 amide bonds. The molecule has 3 heteroatoms. The third-order valence-corrected chi connectivity index (χ3v) is 8.30. The summed E-state index contributed by atoms with van der Waals surface area (Å²) in [6.45, 7) is 3.83. The maximum absolute atomic E-state index is 10.8. The van der Waals surface area contributed by atoms with Crippen LogP contribution in [0.5, 0.6) is 0 Å². The maximum atomic E-state index is 10.8. The van der Waals surface area contributed by atoms with Crippen LogP contribution in [0.4, 0.5) is 0 Å². The molecule has 3 fully saturated rings. The van der Waals surface area contributed by atoms with Gasteiger partial charge in [-0.15, -0.1) is 0 Å². The van der Waals surface area contributed by atoms with Crippen molar-refractivity contribution in [1.29, 1.82) is 0 Å². The highest BCUT2D eigenvalue weighted by atomic mass is 16.3. The fourth-order valence-electron chi connectivity index (χ4n) is 6.22. The van der Waals surface area contributed by atoms with Crippen molar-refractivity contribution >= 4 is 0 Å². The number of aliphatic hydroxyl groups excluding tert-OH is 2. The minimum atomic E-state index is -3.04. The van der Waals surface area contributed by atoms with Gasteiger partial charge in [0, 0.05) is 20.6 Å². The lowest BCUT2D eigenvalue weighted by Crippen LogP contribution is -2.35. The van der Waals surface area contributed by atoms with E-state index in [9.17, 15) is 15.3 Å². The SMILES string of the molecule is [2H]C([2H])([2H])C(O)([C@@H](C)C=C[C@@H](C)[C@H]1CC[C@H]2/C(=C\C=C3/C[C@@H](O)C[C@H](O)C3=C)CCC[C@]12C)C([2H])([2H])[2H]. The summed E-state index contributed by atoms with van der Waals surface area (Å²) in [6.07, 6.45) is 12.5. The third-order valence-electron chi connectivity index (χ3n) is 8.30. The van der Waals surface area contributed by atoms with E-state index in [0.29, 0.717) is 30.3 Å². The first kappa shape index (κ1) is 17.3. The van der Waals surface area contributed by atoms with E-state index in [4.69, 9.17) is 8.22 Å². The summed E-state index contributed by atoms with van der Waals surface area (Å²) in [5.74, 6) is -0.220. The van der Waals surface area contributed by atoms with Crippen LogP contribution in [0.15, 0.2) is 47.6 Å². The fraction of sp³-hybridized carbons (Fsp3) is 0.714. The Balaban J connectivity index is 1.79. The van der Waals surface area contributed by atoms with Crippen molar-refractivity contribution in [2.45, 2.75) is 97.2 Å². The molecule has 0 aromatic rings. The van der Waals surface area contributed by atoms with Gasteiger partial charge in [-0.25, -0.2) is 0 Å². The van der Waals surface area contributed by atoms with E-state index in [-0.39, 0.29) is 11.3 Å². The molecule has 3 N–H and O–H groups in total. The molecule has 0 saturated heterocycles. The average Bonchev–Trinajstić information content (AvgIpc) is 3.14. The van der Waals surface area contributed by atoms with Crippen molar-refractivity contribution in [2.75, 3.05) is 0 Å². The molecule has 0 aliphatic heterocycles. The van der Waals surface area contributed by atoms with E-state index in [1.807, 2.05) is 12.2 Å². The standard InChI is InChI=1S/C28H44O3/c1-18(9-10-19(2)27(4,5)31)24-13-14-25-21(8-7-15-28(24,25)6)11-12-22-16-23(29)17-26(30)20(22)3/h9-12,18-19,23-26,29-31H,3,7-8,13-17H2,1-2,4-6H3/b10-9?,21-11-,22-12+/t18-,19+,23-,24-,25+,26+,28-/m1/s1/i4D3,5D3. The highest BCUT2D eigenvalue weighted by molar-refractivity contribution is 5.38. The highest BCUT2D eigenvalue weighted by Crippen LogP contribution is 2.59. The molecular formula is C28H44O3. The second kappa shape index (κ2) is 9.37. The summed E-state index contributed by atoms with van der Waals surface area (Å²) in [5.41, 5.74) is 0.225. The van der Waals surface area contributed by atoms with Crippen molar-refractivity contribution in [3.63, 3.8) is 0 Å². The maximum Gasteiger partial charge on any atom is 0.0811 e. The van der Waals surface area contributed by atoms with Crippen LogP contribution < -0.4 is 0 Å². The Bertz CT molecular complexity index is 933. The van der Waals surface area contributed by atoms with E-state index < -0.39 is 37.4 Å². The first-order valence-electron chi connectivity index (χ1n) is 14.8. The van der Waals surface area contributed by atoms with Gasteiger partial charge in [0.15, 0.2) is 0 Å². The second-order valence-corrected chi connectivity index (χ2v) is 10.5. The molecule has 3 aliphatic carbocycles. The highest BCUT2D eigenvalue weighted by Gasteiger charge is 2.50. The van der Waals surface area contributed by atoms with E-state index in [1.165, 1.54) is 12.5 Å². The van der Waals surface area contributed by atoms with E-state index in [2.05, 4.69) is 26.5 Å². The van der Waals surface area contributed by atoms with Gasteiger partial charge in [0.1, 0.15) is 0 Å². The predicted octanol–water partition coefficient (Wildman–Crippen LogP) is 5.73. The molecular weight excluding hydrogens is 384 g/mol. The molecule has 0 heterocycles. The van der Waals surface area contributed by atoms with Gasteiger partial charge in [0.2, 0.25) is 0 Å². The second-order valence-electron chi connectivity index (χ2n) is 10.5. The lowest BCUT2D eigenvalue weighted by Gasteiger charge is -2.44. The van der Waals surface area contributed by atoms with Gasteiger partial charge in [0.25, 0.3) is 0 Å². The zero-order valence-corrected chi connectivity index (χ0v) is 19.3. The molecule has 0 aromatic carbocycles. The van der Waals surface area contributed by atoms with Gasteiger partial charge >= 0.3 is 0 Å².